The number of unbranched alkanes of at least 4 members (excludes halogenated alkanes) is 8. The number of esters is 3. The number of carbonyl (C=O) groups is 4. The lowest BCUT2D eigenvalue weighted by atomic mass is 9.98. The summed E-state index contributed by atoms with van der Waals surface area (Å²) >= 11 is 0. The fraction of sp³-hybridized carbons (Fsp3) is 0.623. The second-order valence-electron chi connectivity index (χ2n) is 16.0. The van der Waals surface area contributed by atoms with Crippen molar-refractivity contribution < 1.29 is 58.2 Å². The fourth-order valence-electron chi connectivity index (χ4n) is 6.51. The molecule has 0 aromatic carbocycles. The summed E-state index contributed by atoms with van der Waals surface area (Å²) in [5.74, 6) is -3.36. The first kappa shape index (κ1) is 58.7. The highest BCUT2D eigenvalue weighted by Gasteiger charge is 2.50. The summed E-state index contributed by atoms with van der Waals surface area (Å²) in [6.07, 6.45) is 40.3. The minimum atomic E-state index is -1.92. The highest BCUT2D eigenvalue weighted by Crippen LogP contribution is 2.26. The number of allylic oxidation sites excluding steroid dienone is 16. The van der Waals surface area contributed by atoms with E-state index in [4.69, 9.17) is 23.7 Å². The molecule has 6 unspecified atom stereocenters. The highest BCUT2D eigenvalue weighted by molar-refractivity contribution is 5.74. The van der Waals surface area contributed by atoms with Gasteiger partial charge in [-0.2, -0.15) is 0 Å². The van der Waals surface area contributed by atoms with Gasteiger partial charge in [-0.1, -0.05) is 169 Å². The van der Waals surface area contributed by atoms with Crippen LogP contribution in [0.2, 0.25) is 0 Å². The van der Waals surface area contributed by atoms with Crippen LogP contribution >= 0.6 is 0 Å². The van der Waals surface area contributed by atoms with Crippen LogP contribution in [0.3, 0.4) is 0 Å². The first-order valence-corrected chi connectivity index (χ1v) is 24.2. The number of hydrogen-bond donors (Lipinski definition) is 3. The van der Waals surface area contributed by atoms with Crippen molar-refractivity contribution in [2.45, 2.75) is 199 Å². The second-order valence-corrected chi connectivity index (χ2v) is 16.0. The largest absolute Gasteiger partial charge is 0.479 e. The molecule has 1 aliphatic rings. The van der Waals surface area contributed by atoms with E-state index in [0.717, 1.165) is 70.6 Å². The molecule has 0 spiro atoms. The first-order valence-electron chi connectivity index (χ1n) is 24.2. The molecule has 65 heavy (non-hydrogen) atoms. The Kier molecular flexibility index (Phi) is 37.1. The van der Waals surface area contributed by atoms with Crippen LogP contribution in [0.15, 0.2) is 97.2 Å². The second kappa shape index (κ2) is 41.1. The van der Waals surface area contributed by atoms with E-state index >= 15 is 0 Å². The van der Waals surface area contributed by atoms with Crippen LogP contribution in [-0.4, -0.2) is 89.2 Å². The van der Waals surface area contributed by atoms with E-state index in [0.29, 0.717) is 25.7 Å². The number of hydrogen-bond acceptors (Lipinski definition) is 11. The Bertz CT molecular complexity index is 1510. The van der Waals surface area contributed by atoms with Crippen molar-refractivity contribution in [2.75, 3.05) is 13.2 Å². The predicted octanol–water partition coefficient (Wildman–Crippen LogP) is 11.0. The first-order chi connectivity index (χ1) is 31.6. The van der Waals surface area contributed by atoms with Gasteiger partial charge in [-0.15, -0.1) is 0 Å². The number of aliphatic carboxylic acids is 1. The van der Waals surface area contributed by atoms with Gasteiger partial charge in [0.1, 0.15) is 18.8 Å². The number of ether oxygens (including phenoxy) is 5. The smallest absolute Gasteiger partial charge is 0.335 e. The topological polar surface area (TPSA) is 175 Å². The van der Waals surface area contributed by atoms with E-state index in [1.54, 1.807) is 0 Å². The Labute approximate surface area is 390 Å². The Balaban J connectivity index is 2.86. The van der Waals surface area contributed by atoms with Gasteiger partial charge in [0.15, 0.2) is 24.6 Å². The van der Waals surface area contributed by atoms with Gasteiger partial charge in [-0.25, -0.2) is 4.79 Å². The van der Waals surface area contributed by atoms with Crippen molar-refractivity contribution in [1.29, 1.82) is 0 Å². The third kappa shape index (κ3) is 32.0. The van der Waals surface area contributed by atoms with Crippen molar-refractivity contribution in [2.24, 2.45) is 0 Å². The highest BCUT2D eigenvalue weighted by atomic mass is 16.7. The van der Waals surface area contributed by atoms with Crippen LogP contribution in [-0.2, 0) is 42.9 Å². The molecule has 1 aliphatic heterocycles. The van der Waals surface area contributed by atoms with E-state index < -0.39 is 67.3 Å². The van der Waals surface area contributed by atoms with Gasteiger partial charge in [0, 0.05) is 19.3 Å². The molecule has 1 rings (SSSR count). The predicted molar refractivity (Wildman–Crippen MR) is 257 cm³/mol. The van der Waals surface area contributed by atoms with Gasteiger partial charge in [0.25, 0.3) is 0 Å². The lowest BCUT2D eigenvalue weighted by Gasteiger charge is -2.40. The Morgan fingerprint density at radius 1 is 0.523 bits per heavy atom. The summed E-state index contributed by atoms with van der Waals surface area (Å²) in [6, 6.07) is 0. The lowest BCUT2D eigenvalue weighted by molar-refractivity contribution is -0.301. The van der Waals surface area contributed by atoms with E-state index in [9.17, 15) is 34.5 Å². The molecule has 12 nitrogen and oxygen atoms in total. The molecular weight excluding hydrogens is 829 g/mol. The van der Waals surface area contributed by atoms with E-state index in [-0.39, 0.29) is 25.9 Å². The SMILES string of the molecule is CC/C=C\C/C=C\C/C=C\C/C=C\CCC(=O)OCC(COC1OC(C(=O)O)C(O)C(O)C1OC(=O)CCCCCCCCCCC)OC(=O)CC/C=C\C/C=C\C/C=C\C/C=C\CC. The fourth-order valence-corrected chi connectivity index (χ4v) is 6.51. The molecule has 0 aromatic heterocycles. The van der Waals surface area contributed by atoms with Crippen LogP contribution < -0.4 is 0 Å². The third-order valence-corrected chi connectivity index (χ3v) is 10.2. The number of rotatable bonds is 38. The average molecular weight is 911 g/mol. The maximum Gasteiger partial charge on any atom is 0.335 e. The molecule has 366 valence electrons. The zero-order chi connectivity index (χ0) is 47.6. The number of carbonyl (C=O) groups excluding carboxylic acids is 3. The molecule has 0 bridgehead atoms. The van der Waals surface area contributed by atoms with E-state index in [1.807, 2.05) is 30.4 Å². The van der Waals surface area contributed by atoms with Gasteiger partial charge in [-0.05, 0) is 70.6 Å². The standard InChI is InChI=1S/C53H82O12/c1-4-7-10-13-16-19-21-23-25-28-30-33-36-39-45(54)61-42-44(63-46(55)40-37-34-32-29-26-24-22-20-17-14-11-8-5-2)43-62-53-51(49(58)48(57)50(65-53)52(59)60)64-47(56)41-38-35-31-27-18-15-12-9-6-3/h7-8,10-11,16-17,19-20,23-26,30,32-34,44,48-51,53,57-58H,4-6,9,12-15,18,21-22,27-29,31,35-43H2,1-3H3,(H,59,60)/b10-7-,11-8-,19-16-,20-17-,25-23-,26-24-,33-30-,34-32-. The van der Waals surface area contributed by atoms with Crippen molar-refractivity contribution in [3.8, 4) is 0 Å². The Morgan fingerprint density at radius 3 is 1.45 bits per heavy atom. The van der Waals surface area contributed by atoms with Crippen LogP contribution in [0.4, 0.5) is 0 Å². The molecule has 6 atom stereocenters. The van der Waals surface area contributed by atoms with Crippen molar-refractivity contribution >= 4 is 23.9 Å². The Morgan fingerprint density at radius 2 is 0.969 bits per heavy atom. The number of carboxylic acids is 1. The molecule has 1 fully saturated rings. The average Bonchev–Trinajstić information content (AvgIpc) is 3.29. The maximum absolute atomic E-state index is 13.0. The van der Waals surface area contributed by atoms with Crippen LogP contribution in [0.5, 0.6) is 0 Å². The van der Waals surface area contributed by atoms with Gasteiger partial charge < -0.3 is 39.0 Å². The molecule has 12 heteroatoms. The van der Waals surface area contributed by atoms with Crippen LogP contribution in [0.1, 0.15) is 162 Å². The summed E-state index contributed by atoms with van der Waals surface area (Å²) in [5.41, 5.74) is 0. The Hall–Kier alpha value is -4.36. The molecule has 3 N–H and O–H groups in total. The minimum absolute atomic E-state index is 0.0233. The molecule has 1 heterocycles. The van der Waals surface area contributed by atoms with Gasteiger partial charge >= 0.3 is 23.9 Å². The van der Waals surface area contributed by atoms with E-state index in [1.165, 1.54) is 25.7 Å². The van der Waals surface area contributed by atoms with E-state index in [2.05, 4.69) is 87.6 Å². The van der Waals surface area contributed by atoms with Crippen molar-refractivity contribution in [3.05, 3.63) is 97.2 Å². The quantitative estimate of drug-likeness (QED) is 0.0232. The van der Waals surface area contributed by atoms with Crippen LogP contribution in [0.25, 0.3) is 0 Å². The van der Waals surface area contributed by atoms with Crippen molar-refractivity contribution in [1.82, 2.24) is 0 Å². The summed E-state index contributed by atoms with van der Waals surface area (Å²) in [6.45, 7) is 5.54. The molecule has 1 saturated heterocycles. The normalized spacial score (nSPS) is 19.9. The third-order valence-electron chi connectivity index (χ3n) is 10.2. The van der Waals surface area contributed by atoms with Gasteiger partial charge in [0.2, 0.25) is 0 Å². The molecule has 0 amide bonds. The summed E-state index contributed by atoms with van der Waals surface area (Å²) < 4.78 is 28.0. The number of carboxylic acid groups (broad SMARTS) is 1. The molecule has 0 aliphatic carbocycles. The molecule has 0 saturated carbocycles. The molecule has 0 aromatic rings. The maximum atomic E-state index is 13.0. The molecule has 0 radical (unpaired) electrons. The van der Waals surface area contributed by atoms with Gasteiger partial charge in [-0.3, -0.25) is 14.4 Å². The zero-order valence-electron chi connectivity index (χ0n) is 39.7. The zero-order valence-corrected chi connectivity index (χ0v) is 39.7. The summed E-state index contributed by atoms with van der Waals surface area (Å²) in [4.78, 5) is 50.5. The monoisotopic (exact) mass is 911 g/mol. The van der Waals surface area contributed by atoms with Gasteiger partial charge in [0.05, 0.1) is 6.61 Å². The number of aliphatic hydroxyl groups is 2. The summed E-state index contributed by atoms with van der Waals surface area (Å²) in [5, 5.41) is 31.2. The molecular formula is C53H82O12. The summed E-state index contributed by atoms with van der Waals surface area (Å²) in [7, 11) is 0. The lowest BCUT2D eigenvalue weighted by Crippen LogP contribution is -2.61. The van der Waals surface area contributed by atoms with Crippen LogP contribution in [0, 0.1) is 0 Å². The number of aliphatic hydroxyl groups excluding tert-OH is 2. The van der Waals surface area contributed by atoms with Crippen molar-refractivity contribution in [3.63, 3.8) is 0 Å². The minimum Gasteiger partial charge on any atom is -0.479 e.